The number of benzene rings is 1. The van der Waals surface area contributed by atoms with Gasteiger partial charge in [-0.25, -0.2) is 9.97 Å². The molecule has 0 radical (unpaired) electrons. The number of nitrogens with zero attached hydrogens (tertiary/aromatic N) is 2. The van der Waals surface area contributed by atoms with E-state index in [0.717, 1.165) is 21.8 Å². The van der Waals surface area contributed by atoms with E-state index >= 15 is 0 Å². The van der Waals surface area contributed by atoms with Gasteiger partial charge in [-0.3, -0.25) is 0 Å². The monoisotopic (exact) mass is 285 g/mol. The zero-order chi connectivity index (χ0) is 13.9. The molecule has 0 aliphatic carbocycles. The van der Waals surface area contributed by atoms with E-state index < -0.39 is 0 Å². The second-order valence-electron chi connectivity index (χ2n) is 4.48. The Morgan fingerprint density at radius 1 is 1.25 bits per heavy atom. The van der Waals surface area contributed by atoms with Gasteiger partial charge in [-0.2, -0.15) is 0 Å². The second-order valence-corrected chi connectivity index (χ2v) is 5.38. The van der Waals surface area contributed by atoms with Crippen LogP contribution in [0.5, 0.6) is 5.75 Å². The molecule has 0 fully saturated rings. The minimum absolute atomic E-state index is 0.367. The first-order valence-corrected chi connectivity index (χ1v) is 7.25. The Morgan fingerprint density at radius 2 is 2.15 bits per heavy atom. The summed E-state index contributed by atoms with van der Waals surface area (Å²) in [5.74, 6) is 2.37. The number of aryl methyl sites for hydroxylation is 1. The summed E-state index contributed by atoms with van der Waals surface area (Å²) in [6, 6.07) is 9.99. The summed E-state index contributed by atoms with van der Waals surface area (Å²) in [6.45, 7) is 2.41. The fraction of sp³-hybridized carbons (Fsp3) is 0.200. The predicted molar refractivity (Wildman–Crippen MR) is 82.5 cm³/mol. The molecule has 0 aliphatic rings. The summed E-state index contributed by atoms with van der Waals surface area (Å²) in [7, 11) is 1.87. The first kappa shape index (κ1) is 12.9. The molecule has 102 valence electrons. The molecule has 5 heteroatoms. The van der Waals surface area contributed by atoms with Gasteiger partial charge in [0.2, 0.25) is 0 Å². The van der Waals surface area contributed by atoms with Crippen molar-refractivity contribution in [2.24, 2.45) is 0 Å². The highest BCUT2D eigenvalue weighted by Crippen LogP contribution is 2.25. The van der Waals surface area contributed by atoms with Crippen LogP contribution in [0.3, 0.4) is 0 Å². The molecule has 3 rings (SSSR count). The number of aromatic nitrogens is 2. The zero-order valence-corrected chi connectivity index (χ0v) is 12.2. The number of thiophene rings is 1. The Bertz CT molecular complexity index is 739. The van der Waals surface area contributed by atoms with E-state index in [1.165, 1.54) is 5.56 Å². The summed E-state index contributed by atoms with van der Waals surface area (Å²) >= 11 is 1.61. The van der Waals surface area contributed by atoms with Gasteiger partial charge in [0.05, 0.1) is 5.39 Å². The van der Waals surface area contributed by atoms with Gasteiger partial charge in [0, 0.05) is 7.05 Å². The van der Waals surface area contributed by atoms with Crippen LogP contribution in [0.1, 0.15) is 11.4 Å². The molecule has 3 aromatic rings. The Labute approximate surface area is 121 Å². The number of nitrogens with one attached hydrogen (secondary N) is 1. The highest BCUT2D eigenvalue weighted by atomic mass is 32.1. The van der Waals surface area contributed by atoms with Crippen molar-refractivity contribution in [3.8, 4) is 5.75 Å². The minimum atomic E-state index is 0.367. The molecule has 1 N–H and O–H groups in total. The van der Waals surface area contributed by atoms with Gasteiger partial charge in [-0.1, -0.05) is 12.1 Å². The van der Waals surface area contributed by atoms with Crippen molar-refractivity contribution < 1.29 is 4.74 Å². The number of fused-ring (bicyclic) bond motifs is 1. The van der Waals surface area contributed by atoms with E-state index in [4.69, 9.17) is 4.74 Å². The van der Waals surface area contributed by atoms with Crippen LogP contribution in [0.4, 0.5) is 5.82 Å². The summed E-state index contributed by atoms with van der Waals surface area (Å²) in [4.78, 5) is 9.99. The van der Waals surface area contributed by atoms with Crippen LogP contribution in [0.25, 0.3) is 10.2 Å². The average molecular weight is 285 g/mol. The molecule has 0 saturated carbocycles. The van der Waals surface area contributed by atoms with Gasteiger partial charge >= 0.3 is 0 Å². The van der Waals surface area contributed by atoms with E-state index in [0.29, 0.717) is 12.4 Å². The minimum Gasteiger partial charge on any atom is -0.486 e. The molecular weight excluding hydrogens is 270 g/mol. The summed E-state index contributed by atoms with van der Waals surface area (Å²) in [5.41, 5.74) is 1.17. The van der Waals surface area contributed by atoms with E-state index in [-0.39, 0.29) is 0 Å². The Morgan fingerprint density at radius 3 is 2.95 bits per heavy atom. The van der Waals surface area contributed by atoms with Crippen LogP contribution in [0.2, 0.25) is 0 Å². The number of anilines is 1. The fourth-order valence-electron chi connectivity index (χ4n) is 2.01. The van der Waals surface area contributed by atoms with Crippen molar-refractivity contribution in [3.63, 3.8) is 0 Å². The average Bonchev–Trinajstić information content (AvgIpc) is 2.92. The molecule has 0 bridgehead atoms. The lowest BCUT2D eigenvalue weighted by Crippen LogP contribution is -2.04. The van der Waals surface area contributed by atoms with Crippen LogP contribution in [0, 0.1) is 6.92 Å². The molecule has 2 heterocycles. The van der Waals surface area contributed by atoms with Gasteiger partial charge in [0.25, 0.3) is 0 Å². The van der Waals surface area contributed by atoms with Gasteiger partial charge in [0.15, 0.2) is 5.82 Å². The van der Waals surface area contributed by atoms with E-state index in [1.54, 1.807) is 11.3 Å². The summed E-state index contributed by atoms with van der Waals surface area (Å²) in [5, 5.41) is 6.18. The lowest BCUT2D eigenvalue weighted by Gasteiger charge is -2.08. The van der Waals surface area contributed by atoms with E-state index in [1.807, 2.05) is 49.7 Å². The maximum atomic E-state index is 5.75. The second kappa shape index (κ2) is 5.46. The third-order valence-corrected chi connectivity index (χ3v) is 3.77. The third kappa shape index (κ3) is 2.58. The molecular formula is C15H15N3OS. The summed E-state index contributed by atoms with van der Waals surface area (Å²) in [6.07, 6.45) is 0. The van der Waals surface area contributed by atoms with Gasteiger partial charge in [0.1, 0.15) is 23.0 Å². The van der Waals surface area contributed by atoms with Gasteiger partial charge in [-0.15, -0.1) is 11.3 Å². The van der Waals surface area contributed by atoms with Crippen molar-refractivity contribution in [2.45, 2.75) is 13.5 Å². The number of rotatable bonds is 4. The summed E-state index contributed by atoms with van der Waals surface area (Å²) < 4.78 is 5.75. The fourth-order valence-corrected chi connectivity index (χ4v) is 2.79. The highest BCUT2D eigenvalue weighted by Gasteiger charge is 2.08. The molecule has 2 aromatic heterocycles. The normalized spacial score (nSPS) is 10.7. The van der Waals surface area contributed by atoms with Crippen molar-refractivity contribution in [3.05, 3.63) is 47.1 Å². The van der Waals surface area contributed by atoms with Crippen LogP contribution >= 0.6 is 11.3 Å². The lowest BCUT2D eigenvalue weighted by atomic mass is 10.2. The molecule has 0 spiro atoms. The molecule has 1 aromatic carbocycles. The largest absolute Gasteiger partial charge is 0.486 e. The SMILES string of the molecule is CNc1nc(COc2cccc(C)c2)nc2sccc12. The topological polar surface area (TPSA) is 47.0 Å². The van der Waals surface area contributed by atoms with Crippen molar-refractivity contribution in [1.29, 1.82) is 0 Å². The van der Waals surface area contributed by atoms with Gasteiger partial charge in [-0.05, 0) is 36.1 Å². The zero-order valence-electron chi connectivity index (χ0n) is 11.4. The lowest BCUT2D eigenvalue weighted by molar-refractivity contribution is 0.296. The highest BCUT2D eigenvalue weighted by molar-refractivity contribution is 7.16. The van der Waals surface area contributed by atoms with Crippen LogP contribution < -0.4 is 10.1 Å². The van der Waals surface area contributed by atoms with Crippen molar-refractivity contribution in [2.75, 3.05) is 12.4 Å². The molecule has 20 heavy (non-hydrogen) atoms. The first-order chi connectivity index (χ1) is 9.76. The van der Waals surface area contributed by atoms with Crippen molar-refractivity contribution >= 4 is 27.4 Å². The smallest absolute Gasteiger partial charge is 0.169 e. The van der Waals surface area contributed by atoms with Gasteiger partial charge < -0.3 is 10.1 Å². The quantitative estimate of drug-likeness (QED) is 0.795. The number of hydrogen-bond acceptors (Lipinski definition) is 5. The Balaban J connectivity index is 1.83. The van der Waals surface area contributed by atoms with E-state index in [2.05, 4.69) is 15.3 Å². The number of ether oxygens (including phenoxy) is 1. The molecule has 0 amide bonds. The number of hydrogen-bond donors (Lipinski definition) is 1. The van der Waals surface area contributed by atoms with Crippen molar-refractivity contribution in [1.82, 2.24) is 9.97 Å². The third-order valence-electron chi connectivity index (χ3n) is 2.97. The van der Waals surface area contributed by atoms with Crippen LogP contribution in [0.15, 0.2) is 35.7 Å². The molecule has 0 aliphatic heterocycles. The van der Waals surface area contributed by atoms with Crippen LogP contribution in [-0.2, 0) is 6.61 Å². The maximum absolute atomic E-state index is 5.75. The Hall–Kier alpha value is -2.14. The standard InChI is InChI=1S/C15H15N3OS/c1-10-4-3-5-11(8-10)19-9-13-17-14(16-2)12-6-7-20-15(12)18-13/h3-8H,9H2,1-2H3,(H,16,17,18). The first-order valence-electron chi connectivity index (χ1n) is 6.37. The molecule has 0 saturated heterocycles. The predicted octanol–water partition coefficient (Wildman–Crippen LogP) is 3.62. The Kier molecular flexibility index (Phi) is 3.52. The van der Waals surface area contributed by atoms with Crippen LogP contribution in [-0.4, -0.2) is 17.0 Å². The molecule has 0 unspecified atom stereocenters. The maximum Gasteiger partial charge on any atom is 0.169 e. The van der Waals surface area contributed by atoms with E-state index in [9.17, 15) is 0 Å². The molecule has 4 nitrogen and oxygen atoms in total. The molecule has 0 atom stereocenters.